The van der Waals surface area contributed by atoms with Gasteiger partial charge in [0.25, 0.3) is 0 Å². The number of alkyl halides is 2. The molecule has 1 saturated heterocycles. The fraction of sp³-hybridized carbons (Fsp3) is 0.500. The summed E-state index contributed by atoms with van der Waals surface area (Å²) in [5.74, 6) is -6.98. The van der Waals surface area contributed by atoms with E-state index in [1.807, 2.05) is 6.07 Å². The number of nitrogens with zero attached hydrogens (tertiary/aromatic N) is 1. The van der Waals surface area contributed by atoms with E-state index >= 15 is 0 Å². The molecule has 36 heavy (non-hydrogen) atoms. The van der Waals surface area contributed by atoms with Crippen LogP contribution in [-0.2, 0) is 29.4 Å². The Hall–Kier alpha value is -2.62. The number of nitrogens with one attached hydrogen (secondary N) is 1. The van der Waals surface area contributed by atoms with Gasteiger partial charge in [0.2, 0.25) is 10.0 Å². The zero-order valence-electron chi connectivity index (χ0n) is 19.3. The van der Waals surface area contributed by atoms with Crippen molar-refractivity contribution in [3.63, 3.8) is 0 Å². The Morgan fingerprint density at radius 3 is 2.58 bits per heavy atom. The molecule has 2 fully saturated rings. The van der Waals surface area contributed by atoms with E-state index in [1.165, 1.54) is 24.3 Å². The van der Waals surface area contributed by atoms with Gasteiger partial charge in [-0.1, -0.05) is 6.92 Å². The van der Waals surface area contributed by atoms with Gasteiger partial charge in [-0.25, -0.2) is 21.6 Å². The molecular weight excluding hydrogens is 514 g/mol. The highest BCUT2D eigenvalue weighted by atomic mass is 32.2. The number of halogens is 2. The fourth-order valence-electron chi connectivity index (χ4n) is 6.31. The van der Waals surface area contributed by atoms with Crippen LogP contribution in [0.15, 0.2) is 52.6 Å². The van der Waals surface area contributed by atoms with E-state index < -0.39 is 77.4 Å². The van der Waals surface area contributed by atoms with Crippen LogP contribution >= 0.6 is 0 Å². The average Bonchev–Trinajstić information content (AvgIpc) is 2.84. The molecule has 2 aliphatic carbocycles. The molecule has 2 aliphatic heterocycles. The van der Waals surface area contributed by atoms with Gasteiger partial charge >= 0.3 is 5.92 Å². The van der Waals surface area contributed by atoms with Gasteiger partial charge in [-0.15, -0.1) is 0 Å². The second kappa shape index (κ2) is 8.19. The van der Waals surface area contributed by atoms with Crippen molar-refractivity contribution in [3.05, 3.63) is 53.3 Å². The minimum absolute atomic E-state index is 0.0473. The summed E-state index contributed by atoms with van der Waals surface area (Å²) in [4.78, 5) is 13.0. The number of ketones is 1. The van der Waals surface area contributed by atoms with Gasteiger partial charge in [0.05, 0.1) is 34.0 Å². The normalized spacial score (nSPS) is 34.6. The Morgan fingerprint density at radius 2 is 1.94 bits per heavy atom. The van der Waals surface area contributed by atoms with Crippen LogP contribution in [0.5, 0.6) is 0 Å². The van der Waals surface area contributed by atoms with Crippen molar-refractivity contribution in [3.8, 4) is 6.07 Å². The quantitative estimate of drug-likeness (QED) is 0.626. The number of fused-ring (bicyclic) bond motifs is 4. The molecule has 1 aromatic carbocycles. The number of benzene rings is 1. The topological polar surface area (TPSA) is 130 Å². The maximum absolute atomic E-state index is 14.9. The first-order chi connectivity index (χ1) is 16.9. The second-order valence-electron chi connectivity index (χ2n) is 9.71. The van der Waals surface area contributed by atoms with Crippen molar-refractivity contribution in [1.82, 2.24) is 4.72 Å². The maximum atomic E-state index is 14.9. The third-order valence-corrected chi connectivity index (χ3v) is 12.6. The molecule has 192 valence electrons. The monoisotopic (exact) mass is 538 g/mol. The number of rotatable bonds is 3. The van der Waals surface area contributed by atoms with E-state index in [4.69, 9.17) is 10.00 Å². The zero-order valence-corrected chi connectivity index (χ0v) is 20.9. The molecule has 2 heterocycles. The van der Waals surface area contributed by atoms with Crippen LogP contribution in [0.1, 0.15) is 38.2 Å². The first kappa shape index (κ1) is 25.0. The van der Waals surface area contributed by atoms with E-state index in [0.717, 1.165) is 0 Å². The third-order valence-electron chi connectivity index (χ3n) is 8.03. The van der Waals surface area contributed by atoms with Crippen LogP contribution in [0.2, 0.25) is 0 Å². The molecule has 5 atom stereocenters. The van der Waals surface area contributed by atoms with Gasteiger partial charge < -0.3 is 4.74 Å². The summed E-state index contributed by atoms with van der Waals surface area (Å²) in [5.41, 5.74) is -0.357. The number of nitriles is 1. The molecule has 5 rings (SSSR count). The van der Waals surface area contributed by atoms with Crippen LogP contribution in [-0.4, -0.2) is 51.2 Å². The first-order valence-corrected chi connectivity index (χ1v) is 14.7. The highest BCUT2D eigenvalue weighted by Crippen LogP contribution is 2.57. The summed E-state index contributed by atoms with van der Waals surface area (Å²) in [6.07, 6.45) is 1.31. The van der Waals surface area contributed by atoms with Gasteiger partial charge in [-0.3, -0.25) is 4.79 Å². The van der Waals surface area contributed by atoms with Crippen LogP contribution in [0, 0.1) is 23.2 Å². The van der Waals surface area contributed by atoms with Crippen molar-refractivity contribution in [2.45, 2.75) is 59.5 Å². The molecular formula is C24H24F2N2O6S2. The summed E-state index contributed by atoms with van der Waals surface area (Å²) >= 11 is 0. The highest BCUT2D eigenvalue weighted by molar-refractivity contribution is 7.93. The lowest BCUT2D eigenvalue weighted by molar-refractivity contribution is -0.115. The standard InChI is InChI=1S/C24H24F2N2O6S2/c1-2-15-11-17-18-13-34-22-21(20(29)8-10-24(22,25)26)23(18,9-7-19(17)28-36(15,32)33)35(30,31)16-5-3-14(12-27)4-6-16/h3-6,8,10,15,17-19,28H,2,7,9,11,13H2,1H3/t15-,17+,18+,19-,23+/m1/s1. The van der Waals surface area contributed by atoms with Gasteiger partial charge in [0.15, 0.2) is 21.4 Å². The number of sulfone groups is 1. The van der Waals surface area contributed by atoms with Crippen molar-refractivity contribution in [2.24, 2.45) is 11.8 Å². The average molecular weight is 539 g/mol. The Morgan fingerprint density at radius 1 is 1.25 bits per heavy atom. The van der Waals surface area contributed by atoms with Crippen molar-refractivity contribution in [2.75, 3.05) is 6.61 Å². The van der Waals surface area contributed by atoms with Gasteiger partial charge in [0.1, 0.15) is 4.75 Å². The zero-order chi connectivity index (χ0) is 26.1. The molecule has 0 spiro atoms. The predicted octanol–water partition coefficient (Wildman–Crippen LogP) is 2.63. The molecule has 0 amide bonds. The summed E-state index contributed by atoms with van der Waals surface area (Å²) in [5, 5.41) is 8.33. The number of ether oxygens (including phenoxy) is 1. The first-order valence-electron chi connectivity index (χ1n) is 11.6. The lowest BCUT2D eigenvalue weighted by Crippen LogP contribution is -2.66. The number of carbonyl (C=O) groups excluding carboxylic acids is 1. The molecule has 0 bridgehead atoms. The Bertz CT molecular complexity index is 1440. The molecule has 1 aromatic rings. The number of carbonyl (C=O) groups is 1. The van der Waals surface area contributed by atoms with Crippen molar-refractivity contribution >= 4 is 25.6 Å². The molecule has 4 aliphatic rings. The van der Waals surface area contributed by atoms with Crippen molar-refractivity contribution in [1.29, 1.82) is 5.26 Å². The Labute approximate surface area is 208 Å². The van der Waals surface area contributed by atoms with Crippen LogP contribution in [0.3, 0.4) is 0 Å². The largest absolute Gasteiger partial charge is 0.490 e. The number of hydrogen-bond donors (Lipinski definition) is 1. The molecule has 1 saturated carbocycles. The van der Waals surface area contributed by atoms with Crippen LogP contribution < -0.4 is 4.72 Å². The SMILES string of the molecule is CC[C@@H]1C[C@@H]2[C@@H](CC[C@@]3(S(=O)(=O)c4ccc(C#N)cc4)C4=C(OC[C@@H]23)C(F)(F)C=CC4=O)NS1(=O)=O. The smallest absolute Gasteiger partial charge is 0.323 e. The van der Waals surface area contributed by atoms with E-state index in [9.17, 15) is 30.4 Å². The van der Waals surface area contributed by atoms with Crippen LogP contribution in [0.25, 0.3) is 0 Å². The minimum atomic E-state index is -4.48. The molecule has 1 N–H and O–H groups in total. The summed E-state index contributed by atoms with van der Waals surface area (Å²) in [7, 11) is -8.11. The molecule has 0 unspecified atom stereocenters. The van der Waals surface area contributed by atoms with Gasteiger partial charge in [-0.2, -0.15) is 14.0 Å². The minimum Gasteiger partial charge on any atom is -0.490 e. The van der Waals surface area contributed by atoms with E-state index in [2.05, 4.69) is 4.72 Å². The number of hydrogen-bond acceptors (Lipinski definition) is 7. The summed E-state index contributed by atoms with van der Waals surface area (Å²) < 4.78 is 90.1. The number of sulfonamides is 1. The maximum Gasteiger partial charge on any atom is 0.323 e. The lowest BCUT2D eigenvalue weighted by Gasteiger charge is -2.55. The summed E-state index contributed by atoms with van der Waals surface area (Å²) in [6.45, 7) is 1.31. The van der Waals surface area contributed by atoms with Gasteiger partial charge in [0, 0.05) is 12.0 Å². The molecule has 8 nitrogen and oxygen atoms in total. The molecule has 0 aromatic heterocycles. The second-order valence-corrected chi connectivity index (χ2v) is 13.9. The van der Waals surface area contributed by atoms with E-state index in [0.29, 0.717) is 12.2 Å². The third kappa shape index (κ3) is 3.39. The van der Waals surface area contributed by atoms with E-state index in [1.54, 1.807) is 6.92 Å². The molecule has 0 radical (unpaired) electrons. The number of allylic oxidation sites excluding steroid dienone is 2. The van der Waals surface area contributed by atoms with Crippen LogP contribution in [0.4, 0.5) is 8.78 Å². The molecule has 12 heteroatoms. The predicted molar refractivity (Wildman–Crippen MR) is 124 cm³/mol. The fourth-order valence-corrected chi connectivity index (χ4v) is 10.5. The van der Waals surface area contributed by atoms with E-state index in [-0.39, 0.29) is 36.1 Å². The lowest BCUT2D eigenvalue weighted by atomic mass is 9.62. The Balaban J connectivity index is 1.74. The highest BCUT2D eigenvalue weighted by Gasteiger charge is 2.67. The summed E-state index contributed by atoms with van der Waals surface area (Å²) in [6, 6.07) is 6.41. The van der Waals surface area contributed by atoms with Gasteiger partial charge in [-0.05, 0) is 68.0 Å². The van der Waals surface area contributed by atoms with Crippen molar-refractivity contribution < 1.29 is 35.1 Å². The Kier molecular flexibility index (Phi) is 5.70.